The van der Waals surface area contributed by atoms with E-state index in [0.29, 0.717) is 17.9 Å². The maximum Gasteiger partial charge on any atom is 0.471 e. The average molecular weight is 445 g/mol. The summed E-state index contributed by atoms with van der Waals surface area (Å²) in [5, 5.41) is 3.44. The van der Waals surface area contributed by atoms with Crippen LogP contribution in [0.15, 0.2) is 53.1 Å². The molecule has 0 unspecified atom stereocenters. The van der Waals surface area contributed by atoms with E-state index in [1.54, 1.807) is 23.1 Å². The first-order valence-corrected chi connectivity index (χ1v) is 10.1. The average Bonchev–Trinajstić information content (AvgIpc) is 3.16. The van der Waals surface area contributed by atoms with Crippen molar-refractivity contribution in [2.45, 2.75) is 39.5 Å². The molecular weight excluding hydrogens is 423 g/mol. The number of carbonyl (C=O) groups excluding carboxylic acids is 1. The van der Waals surface area contributed by atoms with E-state index in [2.05, 4.69) is 14.7 Å². The van der Waals surface area contributed by atoms with Gasteiger partial charge in [-0.1, -0.05) is 68.4 Å². The Kier molecular flexibility index (Phi) is 5.44. The van der Waals surface area contributed by atoms with Gasteiger partial charge < -0.3 is 14.2 Å². The molecule has 0 fully saturated rings. The summed E-state index contributed by atoms with van der Waals surface area (Å²) in [4.78, 5) is 18.5. The van der Waals surface area contributed by atoms with E-state index in [1.807, 2.05) is 51.1 Å². The molecule has 1 amide bonds. The molecule has 0 spiro atoms. The molecule has 6 nitrogen and oxygen atoms in total. The summed E-state index contributed by atoms with van der Waals surface area (Å²) >= 11 is 0. The van der Waals surface area contributed by atoms with Crippen LogP contribution in [0.25, 0.3) is 11.4 Å². The molecule has 0 saturated heterocycles. The molecule has 1 aromatic heterocycles. The Balaban J connectivity index is 1.70. The molecule has 0 saturated carbocycles. The van der Waals surface area contributed by atoms with Crippen molar-refractivity contribution in [2.75, 3.05) is 6.61 Å². The minimum Gasteiger partial charge on any atom is -0.491 e. The van der Waals surface area contributed by atoms with Gasteiger partial charge in [-0.05, 0) is 11.6 Å². The van der Waals surface area contributed by atoms with Crippen LogP contribution < -0.4 is 4.74 Å². The Morgan fingerprint density at radius 2 is 1.81 bits per heavy atom. The van der Waals surface area contributed by atoms with Crippen LogP contribution in [0.4, 0.5) is 13.2 Å². The van der Waals surface area contributed by atoms with Crippen LogP contribution in [0, 0.1) is 5.41 Å². The van der Waals surface area contributed by atoms with Gasteiger partial charge >= 0.3 is 12.1 Å². The van der Waals surface area contributed by atoms with Crippen LogP contribution in [-0.2, 0) is 17.5 Å². The zero-order valence-electron chi connectivity index (χ0n) is 17.8. The maximum absolute atomic E-state index is 13.3. The van der Waals surface area contributed by atoms with E-state index in [0.717, 1.165) is 11.1 Å². The summed E-state index contributed by atoms with van der Waals surface area (Å²) in [6, 6.07) is 14.2. The number of alkyl halides is 3. The highest BCUT2D eigenvalue weighted by Gasteiger charge is 2.39. The van der Waals surface area contributed by atoms with Crippen LogP contribution in [0.5, 0.6) is 5.75 Å². The van der Waals surface area contributed by atoms with Gasteiger partial charge in [-0.25, -0.2) is 0 Å². The number of ether oxygens (including phenoxy) is 1. The van der Waals surface area contributed by atoms with Crippen molar-refractivity contribution in [1.29, 1.82) is 0 Å². The molecule has 9 heteroatoms. The van der Waals surface area contributed by atoms with Crippen LogP contribution >= 0.6 is 0 Å². The molecule has 4 rings (SSSR count). The normalized spacial score (nSPS) is 16.8. The Bertz CT molecular complexity index is 1120. The van der Waals surface area contributed by atoms with Crippen LogP contribution in [0.2, 0.25) is 0 Å². The van der Waals surface area contributed by atoms with Gasteiger partial charge in [-0.3, -0.25) is 4.79 Å². The lowest BCUT2D eigenvalue weighted by atomic mass is 9.92. The van der Waals surface area contributed by atoms with Gasteiger partial charge in [-0.2, -0.15) is 18.2 Å². The van der Waals surface area contributed by atoms with Crippen molar-refractivity contribution in [3.8, 4) is 17.1 Å². The van der Waals surface area contributed by atoms with Gasteiger partial charge in [0.1, 0.15) is 12.4 Å². The third kappa shape index (κ3) is 4.32. The number of benzene rings is 2. The Hall–Kier alpha value is -3.36. The molecule has 1 aliphatic heterocycles. The van der Waals surface area contributed by atoms with E-state index >= 15 is 0 Å². The van der Waals surface area contributed by atoms with Crippen LogP contribution in [0.3, 0.4) is 0 Å². The van der Waals surface area contributed by atoms with Gasteiger partial charge in [0.25, 0.3) is 0 Å². The zero-order valence-corrected chi connectivity index (χ0v) is 17.8. The summed E-state index contributed by atoms with van der Waals surface area (Å²) in [5.74, 6) is -1.16. The minimum atomic E-state index is -4.72. The Morgan fingerprint density at radius 3 is 2.44 bits per heavy atom. The molecule has 2 aromatic carbocycles. The number of fused-ring (bicyclic) bond motifs is 1. The second-order valence-electron chi connectivity index (χ2n) is 8.66. The largest absolute Gasteiger partial charge is 0.491 e. The van der Waals surface area contributed by atoms with Crippen molar-refractivity contribution in [3.63, 3.8) is 0 Å². The first-order valence-electron chi connectivity index (χ1n) is 10.1. The highest BCUT2D eigenvalue weighted by Crippen LogP contribution is 2.37. The molecule has 1 aliphatic rings. The maximum atomic E-state index is 13.3. The number of amides is 1. The minimum absolute atomic E-state index is 0.0279. The highest BCUT2D eigenvalue weighted by molar-refractivity contribution is 5.82. The van der Waals surface area contributed by atoms with E-state index in [4.69, 9.17) is 4.74 Å². The number of rotatable bonds is 2. The van der Waals surface area contributed by atoms with Crippen molar-refractivity contribution < 1.29 is 27.2 Å². The summed E-state index contributed by atoms with van der Waals surface area (Å²) in [7, 11) is 0. The predicted molar refractivity (Wildman–Crippen MR) is 109 cm³/mol. The van der Waals surface area contributed by atoms with E-state index in [-0.39, 0.29) is 24.4 Å². The van der Waals surface area contributed by atoms with Gasteiger partial charge in [-0.15, -0.1) is 0 Å². The van der Waals surface area contributed by atoms with Gasteiger partial charge in [0, 0.05) is 16.5 Å². The van der Waals surface area contributed by atoms with Crippen molar-refractivity contribution in [3.05, 3.63) is 65.5 Å². The van der Waals surface area contributed by atoms with Crippen LogP contribution in [0.1, 0.15) is 43.8 Å². The SMILES string of the molecule is CC(C)(C)C(=O)N1Cc2ccc(-c3noc(C(F)(F)F)n3)cc2OC[C@@H]1c1ccccc1. The molecule has 1 atom stereocenters. The molecular formula is C23H22F3N3O3. The number of nitrogens with zero attached hydrogens (tertiary/aromatic N) is 3. The second-order valence-corrected chi connectivity index (χ2v) is 8.66. The van der Waals surface area contributed by atoms with Crippen molar-refractivity contribution >= 4 is 5.91 Å². The second kappa shape index (κ2) is 7.96. The quantitative estimate of drug-likeness (QED) is 0.538. The first-order chi connectivity index (χ1) is 15.0. The molecule has 3 aromatic rings. The number of hydrogen-bond acceptors (Lipinski definition) is 5. The number of aromatic nitrogens is 2. The molecule has 2 heterocycles. The molecule has 0 aliphatic carbocycles. The number of hydrogen-bond donors (Lipinski definition) is 0. The molecule has 0 radical (unpaired) electrons. The van der Waals surface area contributed by atoms with Gasteiger partial charge in [0.05, 0.1) is 12.6 Å². The third-order valence-corrected chi connectivity index (χ3v) is 5.19. The fraction of sp³-hybridized carbons (Fsp3) is 0.348. The Labute approximate surface area is 183 Å². The first kappa shape index (κ1) is 21.9. The standard InChI is InChI=1S/C23H22F3N3O3/c1-22(2,3)21(30)29-12-16-10-9-15(19-27-20(32-28-19)23(24,25)26)11-18(16)31-13-17(29)14-7-5-4-6-8-14/h4-11,17H,12-13H2,1-3H3/t17-/m1/s1. The van der Waals surface area contributed by atoms with E-state index < -0.39 is 17.5 Å². The summed E-state index contributed by atoms with van der Waals surface area (Å²) in [5.41, 5.74) is 1.40. The Morgan fingerprint density at radius 1 is 1.09 bits per heavy atom. The van der Waals surface area contributed by atoms with Crippen molar-refractivity contribution in [1.82, 2.24) is 15.0 Å². The molecule has 0 bridgehead atoms. The highest BCUT2D eigenvalue weighted by atomic mass is 19.4. The van der Waals surface area contributed by atoms with E-state index in [9.17, 15) is 18.0 Å². The van der Waals surface area contributed by atoms with Crippen molar-refractivity contribution in [2.24, 2.45) is 5.41 Å². The number of halogens is 3. The lowest BCUT2D eigenvalue weighted by Gasteiger charge is -2.34. The molecule has 168 valence electrons. The fourth-order valence-corrected chi connectivity index (χ4v) is 3.56. The third-order valence-electron chi connectivity index (χ3n) is 5.19. The summed E-state index contributed by atoms with van der Waals surface area (Å²) in [6.07, 6.45) is -4.72. The zero-order chi connectivity index (χ0) is 23.1. The lowest BCUT2D eigenvalue weighted by Crippen LogP contribution is -2.42. The smallest absolute Gasteiger partial charge is 0.471 e. The molecule has 32 heavy (non-hydrogen) atoms. The summed E-state index contributed by atoms with van der Waals surface area (Å²) in [6.45, 7) is 6.08. The van der Waals surface area contributed by atoms with Gasteiger partial charge in [0.2, 0.25) is 11.7 Å². The number of carbonyl (C=O) groups is 1. The van der Waals surface area contributed by atoms with E-state index in [1.165, 1.54) is 0 Å². The molecule has 0 N–H and O–H groups in total. The monoisotopic (exact) mass is 445 g/mol. The topological polar surface area (TPSA) is 68.5 Å². The lowest BCUT2D eigenvalue weighted by molar-refractivity contribution is -0.159. The van der Waals surface area contributed by atoms with Gasteiger partial charge in [0.15, 0.2) is 0 Å². The summed E-state index contributed by atoms with van der Waals surface area (Å²) < 4.78 is 48.8. The van der Waals surface area contributed by atoms with Crippen LogP contribution in [-0.4, -0.2) is 27.6 Å². The fourth-order valence-electron chi connectivity index (χ4n) is 3.56. The predicted octanol–water partition coefficient (Wildman–Crippen LogP) is 5.26.